The number of pyridine rings is 1. The van der Waals surface area contributed by atoms with Gasteiger partial charge >= 0.3 is 6.03 Å². The Morgan fingerprint density at radius 2 is 2.00 bits per heavy atom. The summed E-state index contributed by atoms with van der Waals surface area (Å²) in [5.41, 5.74) is 3.10. The molecule has 1 aromatic carbocycles. The van der Waals surface area contributed by atoms with Crippen LogP contribution in [-0.4, -0.2) is 34.9 Å². The van der Waals surface area contributed by atoms with Crippen LogP contribution in [0.15, 0.2) is 48.8 Å². The number of nitrogens with one attached hydrogen (secondary N) is 3. The Bertz CT molecular complexity index is 1100. The highest BCUT2D eigenvalue weighted by Gasteiger charge is 2.28. The van der Waals surface area contributed by atoms with E-state index in [1.807, 2.05) is 12.1 Å². The second-order valence-electron chi connectivity index (χ2n) is 7.46. The maximum Gasteiger partial charge on any atom is 0.324 e. The third-order valence-electron chi connectivity index (χ3n) is 5.32. The molecule has 0 bridgehead atoms. The number of fused-ring (bicyclic) bond motifs is 1. The molecule has 3 heterocycles. The van der Waals surface area contributed by atoms with E-state index in [1.54, 1.807) is 36.7 Å². The van der Waals surface area contributed by atoms with Gasteiger partial charge in [0.2, 0.25) is 0 Å². The van der Waals surface area contributed by atoms with Crippen molar-refractivity contribution in [2.24, 2.45) is 0 Å². The molecule has 0 spiro atoms. The zero-order chi connectivity index (χ0) is 22.5. The van der Waals surface area contributed by atoms with Gasteiger partial charge in [0.05, 0.1) is 5.56 Å². The highest BCUT2D eigenvalue weighted by atomic mass is 35.5. The van der Waals surface area contributed by atoms with Crippen molar-refractivity contribution in [3.63, 3.8) is 0 Å². The molecule has 0 aliphatic carbocycles. The number of carbonyl (C=O) groups excluding carboxylic acids is 2. The van der Waals surface area contributed by atoms with Gasteiger partial charge in [-0.2, -0.15) is 0 Å². The molecule has 3 N–H and O–H groups in total. The van der Waals surface area contributed by atoms with Crippen LogP contribution in [0, 0.1) is 0 Å². The molecule has 0 fully saturated rings. The number of anilines is 2. The Morgan fingerprint density at radius 3 is 2.72 bits per heavy atom. The largest absolute Gasteiger partial charge is 0.348 e. The molecular weight excluding hydrogens is 446 g/mol. The van der Waals surface area contributed by atoms with Gasteiger partial charge in [0.1, 0.15) is 5.00 Å². The van der Waals surface area contributed by atoms with Crippen molar-refractivity contribution in [1.29, 1.82) is 0 Å². The second kappa shape index (κ2) is 10.1. The number of carbonyl (C=O) groups is 2. The Kier molecular flexibility index (Phi) is 7.04. The fourth-order valence-electron chi connectivity index (χ4n) is 3.63. The van der Waals surface area contributed by atoms with Crippen LogP contribution < -0.4 is 16.0 Å². The third kappa shape index (κ3) is 5.27. The standard InChI is InChI=1S/C23H24ClN5O2S/c1-2-29-11-9-18-19(14-29)32-22(28-23(31)27-17-7-5-16(24)6-8-17)20(18)21(30)26-13-15-4-3-10-25-12-15/h3-8,10,12H,2,9,11,13-14H2,1H3,(H,26,30)(H2,27,28,31). The van der Waals surface area contributed by atoms with E-state index >= 15 is 0 Å². The van der Waals surface area contributed by atoms with Crippen molar-refractivity contribution in [3.05, 3.63) is 75.4 Å². The third-order valence-corrected chi connectivity index (χ3v) is 6.70. The number of aromatic nitrogens is 1. The average Bonchev–Trinajstić information content (AvgIpc) is 3.16. The predicted octanol–water partition coefficient (Wildman–Crippen LogP) is 4.75. The number of thiophene rings is 1. The van der Waals surface area contributed by atoms with Gasteiger partial charge in [-0.15, -0.1) is 11.3 Å². The van der Waals surface area contributed by atoms with Crippen LogP contribution in [0.3, 0.4) is 0 Å². The maximum atomic E-state index is 13.2. The molecule has 9 heteroatoms. The molecule has 166 valence electrons. The Hall–Kier alpha value is -2.94. The van der Waals surface area contributed by atoms with Gasteiger partial charge in [-0.1, -0.05) is 24.6 Å². The van der Waals surface area contributed by atoms with E-state index in [9.17, 15) is 9.59 Å². The molecule has 2 aromatic heterocycles. The fraction of sp³-hybridized carbons (Fsp3) is 0.261. The quantitative estimate of drug-likeness (QED) is 0.486. The summed E-state index contributed by atoms with van der Waals surface area (Å²) in [4.78, 5) is 33.4. The predicted molar refractivity (Wildman–Crippen MR) is 128 cm³/mol. The van der Waals surface area contributed by atoms with Crippen LogP contribution in [0.1, 0.15) is 33.3 Å². The highest BCUT2D eigenvalue weighted by Crippen LogP contribution is 2.37. The fourth-order valence-corrected chi connectivity index (χ4v) is 5.04. The first-order valence-electron chi connectivity index (χ1n) is 10.4. The molecular formula is C23H24ClN5O2S. The lowest BCUT2D eigenvalue weighted by atomic mass is 10.0. The molecule has 4 rings (SSSR count). The normalized spacial score (nSPS) is 13.3. The van der Waals surface area contributed by atoms with Crippen molar-refractivity contribution in [1.82, 2.24) is 15.2 Å². The number of urea groups is 1. The summed E-state index contributed by atoms with van der Waals surface area (Å²) < 4.78 is 0. The Morgan fingerprint density at radius 1 is 1.19 bits per heavy atom. The lowest BCUT2D eigenvalue weighted by Crippen LogP contribution is -2.31. The Balaban J connectivity index is 1.54. The average molecular weight is 470 g/mol. The summed E-state index contributed by atoms with van der Waals surface area (Å²) in [6.07, 6.45) is 4.19. The number of rotatable bonds is 6. The van der Waals surface area contributed by atoms with Gasteiger partial charge in [-0.25, -0.2) is 4.79 Å². The number of benzene rings is 1. The number of nitrogens with zero attached hydrogens (tertiary/aromatic N) is 2. The van der Waals surface area contributed by atoms with E-state index in [0.29, 0.717) is 27.8 Å². The van der Waals surface area contributed by atoms with E-state index in [1.165, 1.54) is 11.3 Å². The van der Waals surface area contributed by atoms with Gasteiger partial charge in [0.15, 0.2) is 0 Å². The minimum absolute atomic E-state index is 0.196. The lowest BCUT2D eigenvalue weighted by molar-refractivity contribution is 0.0950. The van der Waals surface area contributed by atoms with Gasteiger partial charge in [0, 0.05) is 47.6 Å². The van der Waals surface area contributed by atoms with Crippen LogP contribution in [0.5, 0.6) is 0 Å². The van der Waals surface area contributed by atoms with Crippen molar-refractivity contribution in [3.8, 4) is 0 Å². The zero-order valence-corrected chi connectivity index (χ0v) is 19.2. The van der Waals surface area contributed by atoms with E-state index in [4.69, 9.17) is 11.6 Å². The van der Waals surface area contributed by atoms with E-state index in [0.717, 1.165) is 42.1 Å². The molecule has 0 radical (unpaired) electrons. The summed E-state index contributed by atoms with van der Waals surface area (Å²) >= 11 is 7.37. The van der Waals surface area contributed by atoms with Gasteiger partial charge in [-0.3, -0.25) is 20.0 Å². The SMILES string of the molecule is CCN1CCc2c(sc(NC(=O)Nc3ccc(Cl)cc3)c2C(=O)NCc2cccnc2)C1. The van der Waals surface area contributed by atoms with Gasteiger partial charge < -0.3 is 10.6 Å². The van der Waals surface area contributed by atoms with E-state index in [2.05, 4.69) is 32.8 Å². The number of hydrogen-bond donors (Lipinski definition) is 3. The van der Waals surface area contributed by atoms with E-state index in [-0.39, 0.29) is 5.91 Å². The first kappa shape index (κ1) is 22.3. The second-order valence-corrected chi connectivity index (χ2v) is 9.00. The zero-order valence-electron chi connectivity index (χ0n) is 17.7. The number of likely N-dealkylation sites (N-methyl/N-ethyl adjacent to an activating group) is 1. The van der Waals surface area contributed by atoms with Crippen molar-refractivity contribution in [2.75, 3.05) is 23.7 Å². The monoisotopic (exact) mass is 469 g/mol. The smallest absolute Gasteiger partial charge is 0.324 e. The maximum absolute atomic E-state index is 13.2. The number of halogens is 1. The molecule has 0 saturated carbocycles. The van der Waals surface area contributed by atoms with Crippen LogP contribution in [0.25, 0.3) is 0 Å². The molecule has 3 amide bonds. The summed E-state index contributed by atoms with van der Waals surface area (Å²) in [6.45, 7) is 5.10. The number of amides is 3. The summed E-state index contributed by atoms with van der Waals surface area (Å²) in [7, 11) is 0. The van der Waals surface area contributed by atoms with E-state index < -0.39 is 6.03 Å². The lowest BCUT2D eigenvalue weighted by Gasteiger charge is -2.25. The summed E-state index contributed by atoms with van der Waals surface area (Å²) in [5.74, 6) is -0.196. The van der Waals surface area contributed by atoms with Gasteiger partial charge in [0.25, 0.3) is 5.91 Å². The molecule has 1 aliphatic rings. The van der Waals surface area contributed by atoms with Crippen molar-refractivity contribution < 1.29 is 9.59 Å². The van der Waals surface area contributed by atoms with Gasteiger partial charge in [-0.05, 0) is 54.4 Å². The summed E-state index contributed by atoms with van der Waals surface area (Å²) in [6, 6.07) is 10.2. The topological polar surface area (TPSA) is 86.4 Å². The molecule has 0 atom stereocenters. The minimum Gasteiger partial charge on any atom is -0.348 e. The van der Waals surface area contributed by atoms with Crippen LogP contribution in [-0.2, 0) is 19.5 Å². The Labute approximate surface area is 195 Å². The van der Waals surface area contributed by atoms with Crippen LogP contribution in [0.2, 0.25) is 5.02 Å². The molecule has 1 aliphatic heterocycles. The first-order chi connectivity index (χ1) is 15.5. The van der Waals surface area contributed by atoms with Crippen molar-refractivity contribution in [2.45, 2.75) is 26.4 Å². The molecule has 32 heavy (non-hydrogen) atoms. The van der Waals surface area contributed by atoms with Crippen LogP contribution >= 0.6 is 22.9 Å². The molecule has 0 saturated heterocycles. The first-order valence-corrected chi connectivity index (χ1v) is 11.6. The van der Waals surface area contributed by atoms with Crippen molar-refractivity contribution >= 4 is 45.6 Å². The molecule has 0 unspecified atom stereocenters. The highest BCUT2D eigenvalue weighted by molar-refractivity contribution is 7.17. The minimum atomic E-state index is -0.403. The molecule has 3 aromatic rings. The number of hydrogen-bond acceptors (Lipinski definition) is 5. The summed E-state index contributed by atoms with van der Waals surface area (Å²) in [5, 5.41) is 9.80. The molecule has 7 nitrogen and oxygen atoms in total. The van der Waals surface area contributed by atoms with Crippen LogP contribution in [0.4, 0.5) is 15.5 Å².